The molecule has 0 radical (unpaired) electrons. The van der Waals surface area contributed by atoms with E-state index < -0.39 is 11.6 Å². The molecular weight excluding hydrogens is 236 g/mol. The number of nitrogen functional groups attached to an aromatic ring is 1. The molecule has 18 heavy (non-hydrogen) atoms. The molecule has 0 fully saturated rings. The van der Waals surface area contributed by atoms with E-state index in [0.29, 0.717) is 17.9 Å². The monoisotopic (exact) mass is 251 g/mol. The highest BCUT2D eigenvalue weighted by atomic mass is 19.1. The third kappa shape index (κ3) is 2.20. The highest BCUT2D eigenvalue weighted by Gasteiger charge is 2.15. The largest absolute Gasteiger partial charge is 0.396 e. The summed E-state index contributed by atoms with van der Waals surface area (Å²) >= 11 is 0. The number of nitrogens with zero attached hydrogens (tertiary/aromatic N) is 2. The van der Waals surface area contributed by atoms with Crippen molar-refractivity contribution in [2.75, 3.05) is 5.73 Å². The van der Waals surface area contributed by atoms with Crippen LogP contribution >= 0.6 is 0 Å². The van der Waals surface area contributed by atoms with Crippen molar-refractivity contribution < 1.29 is 8.78 Å². The molecule has 0 saturated heterocycles. The molecule has 0 unspecified atom stereocenters. The first-order chi connectivity index (χ1) is 8.52. The van der Waals surface area contributed by atoms with Gasteiger partial charge in [-0.15, -0.1) is 0 Å². The lowest BCUT2D eigenvalue weighted by Gasteiger charge is -2.04. The number of rotatable bonds is 3. The van der Waals surface area contributed by atoms with E-state index in [2.05, 4.69) is 5.10 Å². The summed E-state index contributed by atoms with van der Waals surface area (Å²) in [5.41, 5.74) is 6.80. The van der Waals surface area contributed by atoms with E-state index in [1.165, 1.54) is 6.92 Å². The minimum absolute atomic E-state index is 0.102. The second-order valence-electron chi connectivity index (χ2n) is 4.28. The fraction of sp³-hybridized carbons (Fsp3) is 0.308. The number of anilines is 1. The Kier molecular flexibility index (Phi) is 3.32. The number of halogens is 2. The topological polar surface area (TPSA) is 43.8 Å². The Labute approximate surface area is 104 Å². The first-order valence-electron chi connectivity index (χ1n) is 5.82. The number of hydrogen-bond acceptors (Lipinski definition) is 2. The van der Waals surface area contributed by atoms with E-state index in [0.717, 1.165) is 18.6 Å². The summed E-state index contributed by atoms with van der Waals surface area (Å²) in [4.78, 5) is 0. The lowest BCUT2D eigenvalue weighted by Crippen LogP contribution is -1.98. The Morgan fingerprint density at radius 1 is 1.28 bits per heavy atom. The minimum Gasteiger partial charge on any atom is -0.396 e. The van der Waals surface area contributed by atoms with Crippen molar-refractivity contribution in [2.45, 2.75) is 26.8 Å². The van der Waals surface area contributed by atoms with Crippen LogP contribution in [0.5, 0.6) is 0 Å². The number of benzene rings is 1. The SMILES string of the molecule is CCCn1cc(N)c(-c2cc(F)c(C)cc2F)n1. The predicted molar refractivity (Wildman–Crippen MR) is 67.0 cm³/mol. The average molecular weight is 251 g/mol. The molecule has 5 heteroatoms. The van der Waals surface area contributed by atoms with Gasteiger partial charge in [0.05, 0.1) is 5.69 Å². The second-order valence-corrected chi connectivity index (χ2v) is 4.28. The van der Waals surface area contributed by atoms with Gasteiger partial charge in [0.15, 0.2) is 0 Å². The summed E-state index contributed by atoms with van der Waals surface area (Å²) in [6.45, 7) is 4.21. The fourth-order valence-electron chi connectivity index (χ4n) is 1.82. The van der Waals surface area contributed by atoms with Gasteiger partial charge in [0.1, 0.15) is 17.3 Å². The van der Waals surface area contributed by atoms with Crippen molar-refractivity contribution in [2.24, 2.45) is 0 Å². The van der Waals surface area contributed by atoms with Crippen LogP contribution in [0, 0.1) is 18.6 Å². The van der Waals surface area contributed by atoms with E-state index in [1.807, 2.05) is 6.92 Å². The van der Waals surface area contributed by atoms with Crippen LogP contribution in [-0.4, -0.2) is 9.78 Å². The summed E-state index contributed by atoms with van der Waals surface area (Å²) in [7, 11) is 0. The summed E-state index contributed by atoms with van der Waals surface area (Å²) < 4.78 is 28.9. The van der Waals surface area contributed by atoms with E-state index >= 15 is 0 Å². The lowest BCUT2D eigenvalue weighted by molar-refractivity contribution is 0.589. The molecule has 0 spiro atoms. The molecule has 2 rings (SSSR count). The molecule has 0 saturated carbocycles. The van der Waals surface area contributed by atoms with Crippen molar-refractivity contribution in [1.82, 2.24) is 9.78 Å². The Morgan fingerprint density at radius 3 is 2.67 bits per heavy atom. The van der Waals surface area contributed by atoms with Gasteiger partial charge in [0.25, 0.3) is 0 Å². The van der Waals surface area contributed by atoms with Crippen molar-refractivity contribution >= 4 is 5.69 Å². The van der Waals surface area contributed by atoms with Crippen molar-refractivity contribution in [3.63, 3.8) is 0 Å². The normalized spacial score (nSPS) is 10.9. The van der Waals surface area contributed by atoms with E-state index in [1.54, 1.807) is 10.9 Å². The third-order valence-electron chi connectivity index (χ3n) is 2.75. The molecule has 0 atom stereocenters. The molecule has 0 bridgehead atoms. The molecule has 0 aliphatic rings. The Bertz CT molecular complexity index is 576. The molecule has 96 valence electrons. The standard InChI is InChI=1S/C13H15F2N3/c1-3-4-18-7-12(16)13(17-18)9-6-10(14)8(2)5-11(9)15/h5-7H,3-4,16H2,1-2H3. The Balaban J connectivity index is 2.51. The molecule has 1 heterocycles. The van der Waals surface area contributed by atoms with Gasteiger partial charge in [0, 0.05) is 18.3 Å². The fourth-order valence-corrected chi connectivity index (χ4v) is 1.82. The Morgan fingerprint density at radius 2 is 2.00 bits per heavy atom. The molecule has 1 aromatic heterocycles. The zero-order chi connectivity index (χ0) is 13.3. The highest BCUT2D eigenvalue weighted by molar-refractivity contribution is 5.72. The van der Waals surface area contributed by atoms with E-state index in [9.17, 15) is 8.78 Å². The number of aromatic nitrogens is 2. The van der Waals surface area contributed by atoms with Crippen molar-refractivity contribution in [1.29, 1.82) is 0 Å². The second kappa shape index (κ2) is 4.76. The molecule has 3 nitrogen and oxygen atoms in total. The molecular formula is C13H15F2N3. The summed E-state index contributed by atoms with van der Waals surface area (Å²) in [5, 5.41) is 4.19. The summed E-state index contributed by atoms with van der Waals surface area (Å²) in [5.74, 6) is -0.974. The van der Waals surface area contributed by atoms with Crippen LogP contribution in [-0.2, 0) is 6.54 Å². The quantitative estimate of drug-likeness (QED) is 0.910. The van der Waals surface area contributed by atoms with Crippen LogP contribution in [0.15, 0.2) is 18.3 Å². The lowest BCUT2D eigenvalue weighted by atomic mass is 10.1. The van der Waals surface area contributed by atoms with E-state index in [4.69, 9.17) is 5.73 Å². The maximum Gasteiger partial charge on any atom is 0.133 e. The van der Waals surface area contributed by atoms with Gasteiger partial charge in [-0.1, -0.05) is 6.92 Å². The van der Waals surface area contributed by atoms with Crippen molar-refractivity contribution in [3.05, 3.63) is 35.5 Å². The average Bonchev–Trinajstić information content (AvgIpc) is 2.65. The molecule has 0 aliphatic heterocycles. The molecule has 2 aromatic rings. The molecule has 0 aliphatic carbocycles. The maximum atomic E-state index is 13.8. The predicted octanol–water partition coefficient (Wildman–Crippen LogP) is 3.13. The summed E-state index contributed by atoms with van der Waals surface area (Å²) in [6.07, 6.45) is 2.53. The van der Waals surface area contributed by atoms with Gasteiger partial charge in [-0.3, -0.25) is 4.68 Å². The van der Waals surface area contributed by atoms with Gasteiger partial charge in [-0.05, 0) is 31.0 Å². The number of nitrogens with two attached hydrogens (primary N) is 1. The zero-order valence-electron chi connectivity index (χ0n) is 10.4. The van der Waals surface area contributed by atoms with Crippen LogP contribution in [0.2, 0.25) is 0 Å². The van der Waals surface area contributed by atoms with Gasteiger partial charge in [-0.25, -0.2) is 8.78 Å². The highest BCUT2D eigenvalue weighted by Crippen LogP contribution is 2.28. The number of hydrogen-bond donors (Lipinski definition) is 1. The van der Waals surface area contributed by atoms with Gasteiger partial charge in [-0.2, -0.15) is 5.10 Å². The van der Waals surface area contributed by atoms with Gasteiger partial charge in [0.2, 0.25) is 0 Å². The first-order valence-corrected chi connectivity index (χ1v) is 5.82. The van der Waals surface area contributed by atoms with Crippen LogP contribution in [0.1, 0.15) is 18.9 Å². The third-order valence-corrected chi connectivity index (χ3v) is 2.75. The van der Waals surface area contributed by atoms with E-state index in [-0.39, 0.29) is 11.1 Å². The minimum atomic E-state index is -0.512. The van der Waals surface area contributed by atoms with Crippen LogP contribution in [0.25, 0.3) is 11.3 Å². The molecule has 1 aromatic carbocycles. The molecule has 2 N–H and O–H groups in total. The number of aryl methyl sites for hydroxylation is 2. The van der Waals surface area contributed by atoms with Crippen molar-refractivity contribution in [3.8, 4) is 11.3 Å². The Hall–Kier alpha value is -1.91. The van der Waals surface area contributed by atoms with Crippen LogP contribution in [0.4, 0.5) is 14.5 Å². The molecule has 0 amide bonds. The van der Waals surface area contributed by atoms with Gasteiger partial charge < -0.3 is 5.73 Å². The van der Waals surface area contributed by atoms with Gasteiger partial charge >= 0.3 is 0 Å². The van der Waals surface area contributed by atoms with Crippen LogP contribution in [0.3, 0.4) is 0 Å². The summed E-state index contributed by atoms with van der Waals surface area (Å²) in [6, 6.07) is 2.29. The zero-order valence-corrected chi connectivity index (χ0v) is 10.4. The van der Waals surface area contributed by atoms with Crippen LogP contribution < -0.4 is 5.73 Å². The maximum absolute atomic E-state index is 13.8. The smallest absolute Gasteiger partial charge is 0.133 e. The first kappa shape index (κ1) is 12.5.